The van der Waals surface area contributed by atoms with E-state index < -0.39 is 29.6 Å². The quantitative estimate of drug-likeness (QED) is 0.774. The Morgan fingerprint density at radius 1 is 1.13 bits per heavy atom. The maximum atomic E-state index is 12.7. The largest absolute Gasteiger partial charge is 0.457 e. The molecule has 0 saturated carbocycles. The van der Waals surface area contributed by atoms with E-state index >= 15 is 0 Å². The minimum atomic E-state index is -4.46. The highest BCUT2D eigenvalue weighted by atomic mass is 19.4. The Morgan fingerprint density at radius 3 is 2.30 bits per heavy atom. The highest BCUT2D eigenvalue weighted by molar-refractivity contribution is 6.05. The molecule has 158 valence electrons. The highest BCUT2D eigenvalue weighted by Crippen LogP contribution is 2.32. The minimum Gasteiger partial charge on any atom is -0.457 e. The lowest BCUT2D eigenvalue weighted by atomic mass is 10.1. The van der Waals surface area contributed by atoms with Crippen LogP contribution in [0.5, 0.6) is 11.5 Å². The zero-order valence-electron chi connectivity index (χ0n) is 15.8. The monoisotopic (exact) mass is 421 g/mol. The number of likely N-dealkylation sites (tertiary alicyclic amines) is 1. The van der Waals surface area contributed by atoms with Gasteiger partial charge in [0.15, 0.2) is 0 Å². The van der Waals surface area contributed by atoms with Crippen LogP contribution in [0.1, 0.15) is 28.8 Å². The van der Waals surface area contributed by atoms with Crippen molar-refractivity contribution in [2.45, 2.75) is 25.1 Å². The van der Waals surface area contributed by atoms with Crippen molar-refractivity contribution in [3.63, 3.8) is 0 Å². The van der Waals surface area contributed by atoms with Crippen LogP contribution in [0.25, 0.3) is 0 Å². The minimum absolute atomic E-state index is 0.0232. The molecule has 3 N–H and O–H groups in total. The number of hydrogen-bond acceptors (Lipinski definition) is 4. The number of halogens is 3. The summed E-state index contributed by atoms with van der Waals surface area (Å²) in [7, 11) is 1.51. The fraction of sp³-hybridized carbons (Fsp3) is 0.250. The molecule has 1 fully saturated rings. The number of rotatable bonds is 5. The Balaban J connectivity index is 1.81. The Labute approximate surface area is 169 Å². The number of likely N-dealkylation sites (N-methyl/N-ethyl adjacent to an activating group) is 1. The molecule has 1 unspecified atom stereocenters. The van der Waals surface area contributed by atoms with Crippen LogP contribution in [0, 0.1) is 0 Å². The van der Waals surface area contributed by atoms with Gasteiger partial charge < -0.3 is 20.7 Å². The number of nitrogens with one attached hydrogen (secondary N) is 1. The normalized spacial score (nSPS) is 16.5. The van der Waals surface area contributed by atoms with Crippen LogP contribution in [-0.4, -0.2) is 35.7 Å². The van der Waals surface area contributed by atoms with E-state index in [1.54, 1.807) is 0 Å². The molecule has 30 heavy (non-hydrogen) atoms. The van der Waals surface area contributed by atoms with Crippen LogP contribution in [0.15, 0.2) is 42.5 Å². The van der Waals surface area contributed by atoms with Gasteiger partial charge in [-0.15, -0.1) is 0 Å². The number of benzene rings is 2. The third kappa shape index (κ3) is 4.53. The SMILES string of the molecule is CN1C(=O)CCC1C(=O)Nc1cc(Oc2ccc(C(F)(F)F)cc2)ccc1C(N)=O. The van der Waals surface area contributed by atoms with Gasteiger partial charge in [-0.25, -0.2) is 0 Å². The summed E-state index contributed by atoms with van der Waals surface area (Å²) in [4.78, 5) is 37.2. The average Bonchev–Trinajstić information content (AvgIpc) is 3.00. The van der Waals surface area contributed by atoms with E-state index in [1.807, 2.05) is 0 Å². The predicted octanol–water partition coefficient (Wildman–Crippen LogP) is 3.16. The number of primary amides is 1. The molecule has 0 aliphatic carbocycles. The molecule has 1 heterocycles. The van der Waals surface area contributed by atoms with E-state index in [0.717, 1.165) is 24.3 Å². The van der Waals surface area contributed by atoms with E-state index in [1.165, 1.54) is 30.1 Å². The summed E-state index contributed by atoms with van der Waals surface area (Å²) in [6.07, 6.45) is -3.88. The first kappa shape index (κ1) is 21.2. The van der Waals surface area contributed by atoms with Gasteiger partial charge in [0.2, 0.25) is 11.8 Å². The van der Waals surface area contributed by atoms with Crippen molar-refractivity contribution in [2.24, 2.45) is 5.73 Å². The van der Waals surface area contributed by atoms with Crippen molar-refractivity contribution in [1.82, 2.24) is 4.90 Å². The van der Waals surface area contributed by atoms with Gasteiger partial charge in [0.05, 0.1) is 16.8 Å². The van der Waals surface area contributed by atoms with Crippen molar-refractivity contribution in [3.05, 3.63) is 53.6 Å². The number of amides is 3. The third-order valence-electron chi connectivity index (χ3n) is 4.73. The Hall–Kier alpha value is -3.56. The Bertz CT molecular complexity index is 990. The molecular formula is C20H18F3N3O4. The zero-order valence-corrected chi connectivity index (χ0v) is 15.8. The zero-order chi connectivity index (χ0) is 22.1. The molecule has 0 bridgehead atoms. The smallest absolute Gasteiger partial charge is 0.416 e. The standard InChI is InChI=1S/C20H18F3N3O4/c1-26-16(8-9-17(26)27)19(29)25-15-10-13(6-7-14(15)18(24)28)30-12-4-2-11(3-5-12)20(21,22)23/h2-7,10,16H,8-9H2,1H3,(H2,24,28)(H,25,29). The van der Waals surface area contributed by atoms with Crippen LogP contribution in [0.3, 0.4) is 0 Å². The van der Waals surface area contributed by atoms with E-state index in [4.69, 9.17) is 10.5 Å². The first-order valence-electron chi connectivity index (χ1n) is 8.92. The second-order valence-electron chi connectivity index (χ2n) is 6.74. The van der Waals surface area contributed by atoms with Gasteiger partial charge >= 0.3 is 6.18 Å². The van der Waals surface area contributed by atoms with Gasteiger partial charge in [-0.2, -0.15) is 13.2 Å². The number of nitrogens with two attached hydrogens (primary N) is 1. The molecule has 3 rings (SSSR count). The lowest BCUT2D eigenvalue weighted by molar-refractivity contribution is -0.137. The Kier molecular flexibility index (Phi) is 5.68. The lowest BCUT2D eigenvalue weighted by Crippen LogP contribution is -2.39. The van der Waals surface area contributed by atoms with Crippen LogP contribution >= 0.6 is 0 Å². The molecule has 0 aromatic heterocycles. The number of alkyl halides is 3. The molecule has 2 aromatic rings. The summed E-state index contributed by atoms with van der Waals surface area (Å²) in [6.45, 7) is 0. The number of carbonyl (C=O) groups excluding carboxylic acids is 3. The van der Waals surface area contributed by atoms with E-state index in [9.17, 15) is 27.6 Å². The van der Waals surface area contributed by atoms with Crippen LogP contribution < -0.4 is 15.8 Å². The second kappa shape index (κ2) is 8.05. The second-order valence-corrected chi connectivity index (χ2v) is 6.74. The van der Waals surface area contributed by atoms with Gasteiger partial charge in [-0.3, -0.25) is 14.4 Å². The number of ether oxygens (including phenoxy) is 1. The van der Waals surface area contributed by atoms with Gasteiger partial charge in [0, 0.05) is 19.5 Å². The fourth-order valence-corrected chi connectivity index (χ4v) is 3.08. The summed E-state index contributed by atoms with van der Waals surface area (Å²) in [5.41, 5.74) is 4.63. The van der Waals surface area contributed by atoms with Crippen molar-refractivity contribution in [3.8, 4) is 11.5 Å². The Morgan fingerprint density at radius 2 is 1.77 bits per heavy atom. The topological polar surface area (TPSA) is 102 Å². The van der Waals surface area contributed by atoms with Crippen molar-refractivity contribution < 1.29 is 32.3 Å². The van der Waals surface area contributed by atoms with E-state index in [-0.39, 0.29) is 35.1 Å². The number of anilines is 1. The van der Waals surface area contributed by atoms with Crippen molar-refractivity contribution >= 4 is 23.4 Å². The molecule has 0 radical (unpaired) electrons. The highest BCUT2D eigenvalue weighted by Gasteiger charge is 2.33. The first-order valence-corrected chi connectivity index (χ1v) is 8.92. The first-order chi connectivity index (χ1) is 14.1. The van der Waals surface area contributed by atoms with E-state index in [2.05, 4.69) is 5.32 Å². The molecule has 7 nitrogen and oxygen atoms in total. The van der Waals surface area contributed by atoms with Crippen molar-refractivity contribution in [1.29, 1.82) is 0 Å². The molecule has 1 aliphatic rings. The summed E-state index contributed by atoms with van der Waals surface area (Å²) in [6, 6.07) is 7.46. The fourth-order valence-electron chi connectivity index (χ4n) is 3.08. The molecule has 1 saturated heterocycles. The van der Waals surface area contributed by atoms with Gasteiger partial charge in [0.25, 0.3) is 5.91 Å². The predicted molar refractivity (Wildman–Crippen MR) is 101 cm³/mol. The van der Waals surface area contributed by atoms with Gasteiger partial charge in [0.1, 0.15) is 17.5 Å². The number of nitrogens with zero attached hydrogens (tertiary/aromatic N) is 1. The van der Waals surface area contributed by atoms with Crippen LogP contribution in [0.2, 0.25) is 0 Å². The third-order valence-corrected chi connectivity index (χ3v) is 4.73. The average molecular weight is 421 g/mol. The van der Waals surface area contributed by atoms with E-state index in [0.29, 0.717) is 6.42 Å². The van der Waals surface area contributed by atoms with Crippen molar-refractivity contribution in [2.75, 3.05) is 12.4 Å². The molecule has 0 spiro atoms. The maximum absolute atomic E-state index is 12.7. The molecular weight excluding hydrogens is 403 g/mol. The van der Waals surface area contributed by atoms with Crippen LogP contribution in [-0.2, 0) is 15.8 Å². The summed E-state index contributed by atoms with van der Waals surface area (Å²) in [5, 5.41) is 2.58. The van der Waals surface area contributed by atoms with Crippen LogP contribution in [0.4, 0.5) is 18.9 Å². The molecule has 3 amide bonds. The summed E-state index contributed by atoms with van der Waals surface area (Å²) < 4.78 is 43.5. The van der Waals surface area contributed by atoms with Gasteiger partial charge in [-0.05, 0) is 42.8 Å². The molecule has 1 aliphatic heterocycles. The summed E-state index contributed by atoms with van der Waals surface area (Å²) in [5.74, 6) is -1.14. The molecule has 10 heteroatoms. The number of hydrogen-bond donors (Lipinski definition) is 2. The maximum Gasteiger partial charge on any atom is 0.416 e. The lowest BCUT2D eigenvalue weighted by Gasteiger charge is -2.20. The molecule has 2 aromatic carbocycles. The number of carbonyl (C=O) groups is 3. The van der Waals surface area contributed by atoms with Gasteiger partial charge in [-0.1, -0.05) is 0 Å². The summed E-state index contributed by atoms with van der Waals surface area (Å²) >= 11 is 0. The molecule has 1 atom stereocenters.